The highest BCUT2D eigenvalue weighted by atomic mass is 32.1. The van der Waals surface area contributed by atoms with Crippen LogP contribution >= 0.6 is 11.3 Å². The van der Waals surface area contributed by atoms with Crippen LogP contribution in [0.15, 0.2) is 29.6 Å². The second kappa shape index (κ2) is 10.4. The molecule has 30 heavy (non-hydrogen) atoms. The topological polar surface area (TPSA) is 68.3 Å². The van der Waals surface area contributed by atoms with E-state index in [1.54, 1.807) is 35.2 Å². The molecule has 162 valence electrons. The monoisotopic (exact) mass is 432 g/mol. The van der Waals surface area contributed by atoms with Crippen molar-refractivity contribution < 1.29 is 23.8 Å². The molecule has 0 saturated carbocycles. The number of aryl methyl sites for hydroxylation is 1. The van der Waals surface area contributed by atoms with E-state index in [1.165, 1.54) is 0 Å². The standard InChI is InChI=1S/C22H28N2O5S/c1-4-21(25)23(8-9-27-3)14-22(26)24(13-20-16(2)7-10-30-20)12-17-5-6-18-19(11-17)29-15-28-18/h5-7,10-11H,4,8-9,12-15H2,1-3H3. The van der Waals surface area contributed by atoms with E-state index in [2.05, 4.69) is 6.07 Å². The van der Waals surface area contributed by atoms with Crippen molar-refractivity contribution in [1.82, 2.24) is 9.80 Å². The predicted molar refractivity (Wildman–Crippen MR) is 115 cm³/mol. The summed E-state index contributed by atoms with van der Waals surface area (Å²) < 4.78 is 16.0. The highest BCUT2D eigenvalue weighted by Crippen LogP contribution is 2.33. The number of methoxy groups -OCH3 is 1. The van der Waals surface area contributed by atoms with Gasteiger partial charge in [0.15, 0.2) is 11.5 Å². The molecule has 8 heteroatoms. The zero-order chi connectivity index (χ0) is 21.5. The number of rotatable bonds is 10. The first kappa shape index (κ1) is 22.1. The summed E-state index contributed by atoms with van der Waals surface area (Å²) in [4.78, 5) is 30.1. The molecule has 0 bridgehead atoms. The largest absolute Gasteiger partial charge is 0.454 e. The Morgan fingerprint density at radius 1 is 1.10 bits per heavy atom. The number of nitrogens with zero attached hydrogens (tertiary/aromatic N) is 2. The molecule has 0 atom stereocenters. The van der Waals surface area contributed by atoms with Gasteiger partial charge in [0.25, 0.3) is 0 Å². The van der Waals surface area contributed by atoms with Gasteiger partial charge in [-0.3, -0.25) is 9.59 Å². The van der Waals surface area contributed by atoms with E-state index in [9.17, 15) is 9.59 Å². The molecule has 3 rings (SSSR count). The third kappa shape index (κ3) is 5.52. The maximum Gasteiger partial charge on any atom is 0.242 e. The fourth-order valence-corrected chi connectivity index (χ4v) is 4.13. The lowest BCUT2D eigenvalue weighted by Gasteiger charge is -2.27. The molecule has 1 aliphatic heterocycles. The molecule has 1 aromatic carbocycles. The van der Waals surface area contributed by atoms with Gasteiger partial charge in [0.1, 0.15) is 0 Å². The number of hydrogen-bond donors (Lipinski definition) is 0. The van der Waals surface area contributed by atoms with Crippen LogP contribution in [0, 0.1) is 6.92 Å². The Morgan fingerprint density at radius 3 is 2.60 bits per heavy atom. The van der Waals surface area contributed by atoms with Crippen molar-refractivity contribution in [3.05, 3.63) is 45.6 Å². The van der Waals surface area contributed by atoms with Crippen molar-refractivity contribution in [3.63, 3.8) is 0 Å². The van der Waals surface area contributed by atoms with Gasteiger partial charge in [0.2, 0.25) is 18.6 Å². The Hall–Kier alpha value is -2.58. The van der Waals surface area contributed by atoms with Crippen LogP contribution in [0.4, 0.5) is 0 Å². The van der Waals surface area contributed by atoms with Crippen LogP contribution in [0.25, 0.3) is 0 Å². The molecule has 0 saturated heterocycles. The Balaban J connectivity index is 1.78. The number of amides is 2. The minimum atomic E-state index is -0.0987. The van der Waals surface area contributed by atoms with E-state index >= 15 is 0 Å². The van der Waals surface area contributed by atoms with E-state index in [-0.39, 0.29) is 25.2 Å². The van der Waals surface area contributed by atoms with Crippen molar-refractivity contribution in [3.8, 4) is 11.5 Å². The number of fused-ring (bicyclic) bond motifs is 1. The lowest BCUT2D eigenvalue weighted by molar-refractivity contribution is -0.141. The fourth-order valence-electron chi connectivity index (χ4n) is 3.21. The van der Waals surface area contributed by atoms with Crippen molar-refractivity contribution in [1.29, 1.82) is 0 Å². The molecule has 2 aromatic rings. The van der Waals surface area contributed by atoms with Gasteiger partial charge < -0.3 is 24.0 Å². The highest BCUT2D eigenvalue weighted by molar-refractivity contribution is 7.10. The van der Waals surface area contributed by atoms with Gasteiger partial charge in [0.05, 0.1) is 19.7 Å². The van der Waals surface area contributed by atoms with Gasteiger partial charge >= 0.3 is 0 Å². The number of benzene rings is 1. The smallest absolute Gasteiger partial charge is 0.242 e. The molecule has 0 fully saturated rings. The molecule has 0 spiro atoms. The number of carbonyl (C=O) groups excluding carboxylic acids is 2. The van der Waals surface area contributed by atoms with Crippen molar-refractivity contribution >= 4 is 23.2 Å². The van der Waals surface area contributed by atoms with E-state index in [4.69, 9.17) is 14.2 Å². The third-order valence-electron chi connectivity index (χ3n) is 5.01. The summed E-state index contributed by atoms with van der Waals surface area (Å²) in [6.45, 7) is 5.79. The SMILES string of the molecule is CCC(=O)N(CCOC)CC(=O)N(Cc1ccc2c(c1)OCO2)Cc1sccc1C. The number of ether oxygens (including phenoxy) is 3. The molecule has 0 radical (unpaired) electrons. The molecule has 7 nitrogen and oxygen atoms in total. The number of carbonyl (C=O) groups is 2. The van der Waals surface area contributed by atoms with E-state index in [1.807, 2.05) is 30.5 Å². The molecular formula is C22H28N2O5S. The number of thiophene rings is 1. The summed E-state index contributed by atoms with van der Waals surface area (Å²) in [6, 6.07) is 7.76. The van der Waals surface area contributed by atoms with Crippen LogP contribution in [0.3, 0.4) is 0 Å². The zero-order valence-electron chi connectivity index (χ0n) is 17.7. The van der Waals surface area contributed by atoms with Crippen LogP contribution < -0.4 is 9.47 Å². The van der Waals surface area contributed by atoms with E-state index in [0.717, 1.165) is 16.0 Å². The third-order valence-corrected chi connectivity index (χ3v) is 6.02. The second-order valence-corrected chi connectivity index (χ2v) is 8.13. The minimum absolute atomic E-state index is 0.0327. The summed E-state index contributed by atoms with van der Waals surface area (Å²) in [5.74, 6) is 1.24. The van der Waals surface area contributed by atoms with Gasteiger partial charge in [-0.15, -0.1) is 11.3 Å². The summed E-state index contributed by atoms with van der Waals surface area (Å²) in [7, 11) is 1.59. The van der Waals surface area contributed by atoms with Gasteiger partial charge in [-0.1, -0.05) is 13.0 Å². The Bertz CT molecular complexity index is 882. The van der Waals surface area contributed by atoms with Crippen molar-refractivity contribution in [2.24, 2.45) is 0 Å². The summed E-state index contributed by atoms with van der Waals surface area (Å²) in [5.41, 5.74) is 2.11. The molecule has 0 unspecified atom stereocenters. The zero-order valence-corrected chi connectivity index (χ0v) is 18.5. The first-order chi connectivity index (χ1) is 14.5. The quantitative estimate of drug-likeness (QED) is 0.577. The van der Waals surface area contributed by atoms with Crippen LogP contribution in [0.2, 0.25) is 0 Å². The molecule has 1 aliphatic rings. The summed E-state index contributed by atoms with van der Waals surface area (Å²) in [6.07, 6.45) is 0.350. The Morgan fingerprint density at radius 2 is 1.90 bits per heavy atom. The molecule has 2 amide bonds. The van der Waals surface area contributed by atoms with Crippen molar-refractivity contribution in [2.45, 2.75) is 33.4 Å². The maximum atomic E-state index is 13.3. The summed E-state index contributed by atoms with van der Waals surface area (Å²) in [5, 5.41) is 2.03. The lowest BCUT2D eigenvalue weighted by Crippen LogP contribution is -2.43. The van der Waals surface area contributed by atoms with Crippen LogP contribution in [-0.2, 0) is 27.4 Å². The van der Waals surface area contributed by atoms with Crippen LogP contribution in [-0.4, -0.2) is 55.2 Å². The normalized spacial score (nSPS) is 12.1. The average molecular weight is 433 g/mol. The van der Waals surface area contributed by atoms with Gasteiger partial charge in [-0.2, -0.15) is 0 Å². The van der Waals surface area contributed by atoms with Crippen LogP contribution in [0.5, 0.6) is 11.5 Å². The maximum absolute atomic E-state index is 13.3. The highest BCUT2D eigenvalue weighted by Gasteiger charge is 2.23. The second-order valence-electron chi connectivity index (χ2n) is 7.13. The first-order valence-electron chi connectivity index (χ1n) is 9.97. The fraction of sp³-hybridized carbons (Fsp3) is 0.455. The molecule has 1 aromatic heterocycles. The molecule has 0 N–H and O–H groups in total. The van der Waals surface area contributed by atoms with E-state index < -0.39 is 0 Å². The van der Waals surface area contributed by atoms with Gasteiger partial charge in [0, 0.05) is 31.5 Å². The predicted octanol–water partition coefficient (Wildman–Crippen LogP) is 3.20. The van der Waals surface area contributed by atoms with Gasteiger partial charge in [-0.05, 0) is 41.6 Å². The summed E-state index contributed by atoms with van der Waals surface area (Å²) >= 11 is 1.63. The van der Waals surface area contributed by atoms with Crippen molar-refractivity contribution in [2.75, 3.05) is 33.6 Å². The lowest BCUT2D eigenvalue weighted by atomic mass is 10.1. The van der Waals surface area contributed by atoms with E-state index in [0.29, 0.717) is 44.2 Å². The van der Waals surface area contributed by atoms with Crippen LogP contribution in [0.1, 0.15) is 29.3 Å². The molecule has 0 aliphatic carbocycles. The average Bonchev–Trinajstić information content (AvgIpc) is 3.38. The van der Waals surface area contributed by atoms with Gasteiger partial charge in [-0.25, -0.2) is 0 Å². The minimum Gasteiger partial charge on any atom is -0.454 e. The first-order valence-corrected chi connectivity index (χ1v) is 10.9. The number of hydrogen-bond acceptors (Lipinski definition) is 6. The Kier molecular flexibility index (Phi) is 7.70. The molecule has 2 heterocycles. The molecular weight excluding hydrogens is 404 g/mol. The Labute approximate surface area is 181 Å².